The number of nitrogens with one attached hydrogen (secondary N) is 1. The Kier molecular flexibility index (Phi) is 4.65. The fourth-order valence-corrected chi connectivity index (χ4v) is 2.74. The van der Waals surface area contributed by atoms with Gasteiger partial charge in [0.05, 0.1) is 13.2 Å². The van der Waals surface area contributed by atoms with Crippen LogP contribution in [0.5, 0.6) is 5.75 Å². The highest BCUT2D eigenvalue weighted by atomic mass is 16.5. The summed E-state index contributed by atoms with van der Waals surface area (Å²) in [6.45, 7) is 2.60. The summed E-state index contributed by atoms with van der Waals surface area (Å²) in [5.41, 5.74) is 6.93. The number of hydrogen-bond acceptors (Lipinski definition) is 3. The average molecular weight is 276 g/mol. The van der Waals surface area contributed by atoms with Gasteiger partial charge in [-0.3, -0.25) is 4.79 Å². The van der Waals surface area contributed by atoms with E-state index in [0.717, 1.165) is 24.2 Å². The van der Waals surface area contributed by atoms with Gasteiger partial charge in [0, 0.05) is 6.42 Å². The quantitative estimate of drug-likeness (QED) is 0.838. The summed E-state index contributed by atoms with van der Waals surface area (Å²) in [7, 11) is 1.64. The lowest BCUT2D eigenvalue weighted by Crippen LogP contribution is -2.42. The lowest BCUT2D eigenvalue weighted by molar-refractivity contribution is -0.125. The van der Waals surface area contributed by atoms with E-state index in [1.807, 2.05) is 31.2 Å². The minimum absolute atomic E-state index is 0.00306. The fraction of sp³-hybridized carbons (Fsp3) is 0.562. The van der Waals surface area contributed by atoms with Gasteiger partial charge in [0.1, 0.15) is 5.75 Å². The first-order valence-electron chi connectivity index (χ1n) is 7.22. The van der Waals surface area contributed by atoms with Crippen LogP contribution in [0.4, 0.5) is 0 Å². The fourth-order valence-electron chi connectivity index (χ4n) is 2.74. The molecule has 1 aliphatic rings. The zero-order valence-electron chi connectivity index (χ0n) is 12.3. The van der Waals surface area contributed by atoms with Gasteiger partial charge < -0.3 is 15.8 Å². The molecule has 0 unspecified atom stereocenters. The molecule has 1 aliphatic carbocycles. The molecule has 3 N–H and O–H groups in total. The maximum absolute atomic E-state index is 12.1. The van der Waals surface area contributed by atoms with Crippen molar-refractivity contribution in [1.29, 1.82) is 0 Å². The second-order valence-corrected chi connectivity index (χ2v) is 5.80. The molecule has 2 rings (SSSR count). The number of benzene rings is 1. The van der Waals surface area contributed by atoms with Crippen LogP contribution < -0.4 is 15.8 Å². The lowest BCUT2D eigenvalue weighted by atomic mass is 9.66. The zero-order chi connectivity index (χ0) is 14.6. The Morgan fingerprint density at radius 2 is 2.05 bits per heavy atom. The number of carbonyl (C=O) groups is 1. The molecule has 1 saturated carbocycles. The van der Waals surface area contributed by atoms with Gasteiger partial charge in [0.2, 0.25) is 5.91 Å². The summed E-state index contributed by atoms with van der Waals surface area (Å²) in [4.78, 5) is 12.1. The van der Waals surface area contributed by atoms with Gasteiger partial charge in [-0.05, 0) is 49.4 Å². The standard InChI is InChI=1S/C16H24N2O2/c1-12(13-4-6-14(20-2)7-5-13)18-15(19)10-16(11-17)8-3-9-16/h4-7,12H,3,8-11,17H2,1-2H3,(H,18,19)/t12-/m1/s1. The van der Waals surface area contributed by atoms with E-state index in [1.165, 1.54) is 6.42 Å². The molecule has 4 heteroatoms. The van der Waals surface area contributed by atoms with Gasteiger partial charge in [-0.25, -0.2) is 0 Å². The molecule has 1 aromatic rings. The van der Waals surface area contributed by atoms with E-state index in [4.69, 9.17) is 10.5 Å². The Hall–Kier alpha value is -1.55. The van der Waals surface area contributed by atoms with Crippen LogP contribution in [0.15, 0.2) is 24.3 Å². The summed E-state index contributed by atoms with van der Waals surface area (Å²) in [5.74, 6) is 0.919. The third kappa shape index (κ3) is 3.31. The number of carbonyl (C=O) groups excluding carboxylic acids is 1. The van der Waals surface area contributed by atoms with E-state index < -0.39 is 0 Å². The van der Waals surface area contributed by atoms with Crippen LogP contribution in [0.2, 0.25) is 0 Å². The first kappa shape index (κ1) is 14.9. The highest BCUT2D eigenvalue weighted by Gasteiger charge is 2.37. The highest BCUT2D eigenvalue weighted by Crippen LogP contribution is 2.42. The maximum Gasteiger partial charge on any atom is 0.221 e. The number of hydrogen-bond donors (Lipinski definition) is 2. The third-order valence-corrected chi connectivity index (χ3v) is 4.38. The summed E-state index contributed by atoms with van der Waals surface area (Å²) in [5, 5.41) is 3.06. The average Bonchev–Trinajstić information content (AvgIpc) is 2.43. The molecule has 4 nitrogen and oxygen atoms in total. The number of rotatable bonds is 6. The number of ether oxygens (including phenoxy) is 1. The van der Waals surface area contributed by atoms with Crippen molar-refractivity contribution < 1.29 is 9.53 Å². The molecule has 0 radical (unpaired) electrons. The Morgan fingerprint density at radius 3 is 2.50 bits per heavy atom. The van der Waals surface area contributed by atoms with E-state index in [-0.39, 0.29) is 17.4 Å². The van der Waals surface area contributed by atoms with Crippen LogP contribution in [-0.4, -0.2) is 19.6 Å². The molecule has 0 aromatic heterocycles. The first-order valence-corrected chi connectivity index (χ1v) is 7.22. The molecule has 1 atom stereocenters. The predicted molar refractivity (Wildman–Crippen MR) is 79.5 cm³/mol. The van der Waals surface area contributed by atoms with Crippen molar-refractivity contribution >= 4 is 5.91 Å². The van der Waals surface area contributed by atoms with Gasteiger partial charge in [-0.2, -0.15) is 0 Å². The molecule has 20 heavy (non-hydrogen) atoms. The lowest BCUT2D eigenvalue weighted by Gasteiger charge is -2.40. The largest absolute Gasteiger partial charge is 0.497 e. The van der Waals surface area contributed by atoms with Crippen molar-refractivity contribution in [1.82, 2.24) is 5.32 Å². The molecule has 1 aromatic carbocycles. The molecule has 0 bridgehead atoms. The van der Waals surface area contributed by atoms with E-state index in [9.17, 15) is 4.79 Å². The monoisotopic (exact) mass is 276 g/mol. The summed E-state index contributed by atoms with van der Waals surface area (Å²) in [6, 6.07) is 7.78. The zero-order valence-corrected chi connectivity index (χ0v) is 12.3. The van der Waals surface area contributed by atoms with E-state index in [2.05, 4.69) is 5.32 Å². The van der Waals surface area contributed by atoms with Crippen LogP contribution in [0.1, 0.15) is 44.2 Å². The minimum atomic E-state index is 0.00306. The van der Waals surface area contributed by atoms with Crippen LogP contribution in [0, 0.1) is 5.41 Å². The Morgan fingerprint density at radius 1 is 1.40 bits per heavy atom. The van der Waals surface area contributed by atoms with E-state index in [1.54, 1.807) is 7.11 Å². The van der Waals surface area contributed by atoms with Crippen LogP contribution in [-0.2, 0) is 4.79 Å². The van der Waals surface area contributed by atoms with Gasteiger partial charge in [-0.1, -0.05) is 18.6 Å². The van der Waals surface area contributed by atoms with Crippen LogP contribution in [0.25, 0.3) is 0 Å². The van der Waals surface area contributed by atoms with Gasteiger partial charge >= 0.3 is 0 Å². The molecule has 1 amide bonds. The predicted octanol–water partition coefficient (Wildman–Crippen LogP) is 2.39. The first-order chi connectivity index (χ1) is 9.58. The van der Waals surface area contributed by atoms with E-state index >= 15 is 0 Å². The normalized spacial score (nSPS) is 17.9. The number of methoxy groups -OCH3 is 1. The van der Waals surface area contributed by atoms with Gasteiger partial charge in [0.15, 0.2) is 0 Å². The summed E-state index contributed by atoms with van der Waals surface area (Å²) in [6.07, 6.45) is 3.89. The molecule has 0 spiro atoms. The van der Waals surface area contributed by atoms with Gasteiger partial charge in [-0.15, -0.1) is 0 Å². The van der Waals surface area contributed by atoms with E-state index in [0.29, 0.717) is 13.0 Å². The van der Waals surface area contributed by atoms with Crippen molar-refractivity contribution in [3.63, 3.8) is 0 Å². The second-order valence-electron chi connectivity index (χ2n) is 5.80. The Labute approximate surface area is 120 Å². The van der Waals surface area contributed by atoms with Crippen LogP contribution in [0.3, 0.4) is 0 Å². The summed E-state index contributed by atoms with van der Waals surface area (Å²) < 4.78 is 5.13. The second kappa shape index (κ2) is 6.27. The molecule has 0 aliphatic heterocycles. The molecule has 0 heterocycles. The Bertz CT molecular complexity index is 447. The van der Waals surface area contributed by atoms with Crippen LogP contribution >= 0.6 is 0 Å². The van der Waals surface area contributed by atoms with Crippen molar-refractivity contribution in [2.45, 2.75) is 38.6 Å². The molecular weight excluding hydrogens is 252 g/mol. The maximum atomic E-state index is 12.1. The van der Waals surface area contributed by atoms with Crippen molar-refractivity contribution in [2.24, 2.45) is 11.1 Å². The topological polar surface area (TPSA) is 64.3 Å². The molecule has 0 saturated heterocycles. The van der Waals surface area contributed by atoms with Gasteiger partial charge in [0.25, 0.3) is 0 Å². The third-order valence-electron chi connectivity index (χ3n) is 4.38. The van der Waals surface area contributed by atoms with Crippen molar-refractivity contribution in [3.8, 4) is 5.75 Å². The van der Waals surface area contributed by atoms with Crippen molar-refractivity contribution in [3.05, 3.63) is 29.8 Å². The highest BCUT2D eigenvalue weighted by molar-refractivity contribution is 5.77. The minimum Gasteiger partial charge on any atom is -0.497 e. The molecular formula is C16H24N2O2. The molecule has 1 fully saturated rings. The van der Waals surface area contributed by atoms with Crippen molar-refractivity contribution in [2.75, 3.05) is 13.7 Å². The smallest absolute Gasteiger partial charge is 0.221 e. The Balaban J connectivity index is 1.89. The number of nitrogens with two attached hydrogens (primary N) is 1. The number of amides is 1. The molecule has 110 valence electrons. The SMILES string of the molecule is COc1ccc([C@@H](C)NC(=O)CC2(CN)CCC2)cc1. The summed E-state index contributed by atoms with van der Waals surface area (Å²) >= 11 is 0.